The normalized spacial score (nSPS) is 18.9. The first-order valence-corrected chi connectivity index (χ1v) is 9.47. The lowest BCUT2D eigenvalue weighted by Gasteiger charge is -2.19. The lowest BCUT2D eigenvalue weighted by atomic mass is 10.00. The van der Waals surface area contributed by atoms with Crippen LogP contribution in [0.15, 0.2) is 35.2 Å². The molecular weight excluding hydrogens is 310 g/mol. The molecule has 1 saturated heterocycles. The summed E-state index contributed by atoms with van der Waals surface area (Å²) in [5, 5.41) is 10.3. The van der Waals surface area contributed by atoms with Gasteiger partial charge < -0.3 is 14.7 Å². The first kappa shape index (κ1) is 18.1. The molecule has 0 saturated carbocycles. The number of hydrogen-bond donors (Lipinski definition) is 1. The number of nitrogens with zero attached hydrogens (tertiary/aromatic N) is 1. The van der Waals surface area contributed by atoms with Gasteiger partial charge in [-0.25, -0.2) is 4.79 Å². The van der Waals surface area contributed by atoms with Crippen molar-refractivity contribution in [2.45, 2.75) is 43.6 Å². The Morgan fingerprint density at radius 3 is 2.96 bits per heavy atom. The van der Waals surface area contributed by atoms with Gasteiger partial charge in [0.1, 0.15) is 0 Å². The third kappa shape index (κ3) is 6.07. The van der Waals surface area contributed by atoms with Gasteiger partial charge in [-0.3, -0.25) is 0 Å². The van der Waals surface area contributed by atoms with Crippen LogP contribution in [0.1, 0.15) is 32.6 Å². The summed E-state index contributed by atoms with van der Waals surface area (Å²) in [5.41, 5.74) is 0. The molecule has 1 aliphatic heterocycles. The molecule has 1 N–H and O–H groups in total. The highest BCUT2D eigenvalue weighted by molar-refractivity contribution is 7.99. The van der Waals surface area contributed by atoms with E-state index in [0.717, 1.165) is 31.4 Å². The van der Waals surface area contributed by atoms with E-state index in [1.54, 1.807) is 16.7 Å². The van der Waals surface area contributed by atoms with E-state index in [1.807, 2.05) is 18.2 Å². The maximum Gasteiger partial charge on any atom is 0.409 e. The molecule has 128 valence electrons. The van der Waals surface area contributed by atoms with Gasteiger partial charge in [0.25, 0.3) is 0 Å². The van der Waals surface area contributed by atoms with Crippen LogP contribution in [0, 0.1) is 5.92 Å². The summed E-state index contributed by atoms with van der Waals surface area (Å²) in [4.78, 5) is 14.9. The minimum absolute atomic E-state index is 0.171. The van der Waals surface area contributed by atoms with E-state index in [4.69, 9.17) is 4.74 Å². The smallest absolute Gasteiger partial charge is 0.409 e. The minimum atomic E-state index is -0.348. The average Bonchev–Trinajstić information content (AvgIpc) is 3.06. The third-order valence-corrected chi connectivity index (χ3v) is 5.22. The van der Waals surface area contributed by atoms with E-state index in [0.29, 0.717) is 19.7 Å². The van der Waals surface area contributed by atoms with E-state index in [-0.39, 0.29) is 18.1 Å². The molecule has 1 amide bonds. The molecule has 0 radical (unpaired) electrons. The van der Waals surface area contributed by atoms with Crippen molar-refractivity contribution in [3.05, 3.63) is 30.3 Å². The van der Waals surface area contributed by atoms with Crippen LogP contribution in [0.25, 0.3) is 0 Å². The highest BCUT2D eigenvalue weighted by Gasteiger charge is 2.31. The zero-order valence-corrected chi connectivity index (χ0v) is 14.6. The number of unbranched alkanes of at least 4 members (excludes halogenated alkanes) is 1. The molecule has 23 heavy (non-hydrogen) atoms. The van der Waals surface area contributed by atoms with E-state index < -0.39 is 0 Å². The Balaban J connectivity index is 1.66. The van der Waals surface area contributed by atoms with Gasteiger partial charge in [-0.15, -0.1) is 11.8 Å². The largest absolute Gasteiger partial charge is 0.449 e. The number of aliphatic hydroxyl groups is 1. The molecule has 0 aliphatic carbocycles. The van der Waals surface area contributed by atoms with Crippen molar-refractivity contribution in [1.82, 2.24) is 4.90 Å². The number of hydrogen-bond acceptors (Lipinski definition) is 4. The zero-order valence-electron chi connectivity index (χ0n) is 13.8. The molecule has 0 aromatic heterocycles. The highest BCUT2D eigenvalue weighted by Crippen LogP contribution is 2.25. The average molecular weight is 337 g/mol. The standard InChI is InChI=1S/C18H27NO3S/c1-2-3-12-22-18(21)19-11-9-15(14-19)17(20)10-13-23-16-7-5-4-6-8-16/h4-8,15,17,20H,2-3,9-14H2,1H3/t15?,17-/m0/s1. The number of carbonyl (C=O) groups excluding carboxylic acids is 1. The summed E-state index contributed by atoms with van der Waals surface area (Å²) in [6.07, 6.45) is 2.96. The Hall–Kier alpha value is -1.20. The molecule has 1 heterocycles. The van der Waals surface area contributed by atoms with Crippen molar-refractivity contribution in [2.24, 2.45) is 5.92 Å². The van der Waals surface area contributed by atoms with Gasteiger partial charge >= 0.3 is 6.09 Å². The molecule has 1 fully saturated rings. The maximum absolute atomic E-state index is 11.9. The highest BCUT2D eigenvalue weighted by atomic mass is 32.2. The van der Waals surface area contributed by atoms with E-state index >= 15 is 0 Å². The maximum atomic E-state index is 11.9. The number of carbonyl (C=O) groups is 1. The summed E-state index contributed by atoms with van der Waals surface area (Å²) in [6.45, 7) is 3.87. The Morgan fingerprint density at radius 2 is 2.22 bits per heavy atom. The molecule has 4 nitrogen and oxygen atoms in total. The van der Waals surface area contributed by atoms with Crippen LogP contribution in [-0.2, 0) is 4.74 Å². The van der Waals surface area contributed by atoms with Crippen LogP contribution in [0.2, 0.25) is 0 Å². The first-order chi connectivity index (χ1) is 11.2. The quantitative estimate of drug-likeness (QED) is 0.579. The zero-order chi connectivity index (χ0) is 16.5. The SMILES string of the molecule is CCCCOC(=O)N1CCC([C@@H](O)CCSc2ccccc2)C1. The van der Waals surface area contributed by atoms with Gasteiger partial charge in [0.05, 0.1) is 12.7 Å². The van der Waals surface area contributed by atoms with Crippen LogP contribution in [-0.4, -0.2) is 47.7 Å². The second-order valence-electron chi connectivity index (χ2n) is 5.98. The van der Waals surface area contributed by atoms with E-state index in [1.165, 1.54) is 4.90 Å². The van der Waals surface area contributed by atoms with Crippen molar-refractivity contribution in [3.8, 4) is 0 Å². The summed E-state index contributed by atoms with van der Waals surface area (Å²) >= 11 is 1.76. The van der Waals surface area contributed by atoms with Crippen LogP contribution < -0.4 is 0 Å². The number of amides is 1. The topological polar surface area (TPSA) is 49.8 Å². The van der Waals surface area contributed by atoms with E-state index in [9.17, 15) is 9.90 Å². The summed E-state index contributed by atoms with van der Waals surface area (Å²) < 4.78 is 5.23. The molecule has 5 heteroatoms. The van der Waals surface area contributed by atoms with Crippen molar-refractivity contribution in [1.29, 1.82) is 0 Å². The fourth-order valence-corrected chi connectivity index (χ4v) is 3.66. The second-order valence-corrected chi connectivity index (χ2v) is 7.15. The van der Waals surface area contributed by atoms with Crippen molar-refractivity contribution in [3.63, 3.8) is 0 Å². The van der Waals surface area contributed by atoms with Gasteiger partial charge in [-0.1, -0.05) is 31.5 Å². The Labute approximate surface area is 143 Å². The van der Waals surface area contributed by atoms with Gasteiger partial charge in [-0.05, 0) is 31.4 Å². The van der Waals surface area contributed by atoms with Gasteiger partial charge in [0.2, 0.25) is 0 Å². The van der Waals surface area contributed by atoms with Gasteiger partial charge in [-0.2, -0.15) is 0 Å². The first-order valence-electron chi connectivity index (χ1n) is 8.48. The molecule has 1 unspecified atom stereocenters. The molecule has 0 spiro atoms. The van der Waals surface area contributed by atoms with Crippen molar-refractivity contribution < 1.29 is 14.6 Å². The molecular formula is C18H27NO3S. The fraction of sp³-hybridized carbons (Fsp3) is 0.611. The molecule has 1 aliphatic rings. The number of thioether (sulfide) groups is 1. The van der Waals surface area contributed by atoms with Crippen LogP contribution in [0.5, 0.6) is 0 Å². The lowest BCUT2D eigenvalue weighted by Crippen LogP contribution is -2.31. The molecule has 0 bridgehead atoms. The number of aliphatic hydroxyl groups excluding tert-OH is 1. The Bertz CT molecular complexity index is 469. The molecule has 1 aromatic rings. The number of rotatable bonds is 8. The van der Waals surface area contributed by atoms with Gasteiger partial charge in [0, 0.05) is 29.7 Å². The monoisotopic (exact) mass is 337 g/mol. The van der Waals surface area contributed by atoms with E-state index in [2.05, 4.69) is 19.1 Å². The number of likely N-dealkylation sites (tertiary alicyclic amines) is 1. The molecule has 2 atom stereocenters. The van der Waals surface area contributed by atoms with Gasteiger partial charge in [0.15, 0.2) is 0 Å². The van der Waals surface area contributed by atoms with Crippen LogP contribution in [0.3, 0.4) is 0 Å². The van der Waals surface area contributed by atoms with Crippen molar-refractivity contribution >= 4 is 17.9 Å². The number of benzene rings is 1. The van der Waals surface area contributed by atoms with Crippen LogP contribution in [0.4, 0.5) is 4.79 Å². The molecule has 2 rings (SSSR count). The third-order valence-electron chi connectivity index (χ3n) is 4.18. The summed E-state index contributed by atoms with van der Waals surface area (Å²) in [5.74, 6) is 1.06. The fourth-order valence-electron chi connectivity index (χ4n) is 2.71. The predicted molar refractivity (Wildman–Crippen MR) is 93.7 cm³/mol. The second kappa shape index (κ2) is 9.83. The number of ether oxygens (including phenoxy) is 1. The minimum Gasteiger partial charge on any atom is -0.449 e. The summed E-state index contributed by atoms with van der Waals surface area (Å²) in [6, 6.07) is 10.2. The Morgan fingerprint density at radius 1 is 1.43 bits per heavy atom. The summed E-state index contributed by atoms with van der Waals surface area (Å²) in [7, 11) is 0. The predicted octanol–water partition coefficient (Wildman–Crippen LogP) is 3.79. The Kier molecular flexibility index (Phi) is 7.76. The van der Waals surface area contributed by atoms with Crippen molar-refractivity contribution in [2.75, 3.05) is 25.4 Å². The lowest BCUT2D eigenvalue weighted by molar-refractivity contribution is 0.0917. The molecule has 1 aromatic carbocycles. The van der Waals surface area contributed by atoms with Crippen LogP contribution >= 0.6 is 11.8 Å².